The molecule has 0 atom stereocenters. The minimum absolute atomic E-state index is 1.50. The van der Waals surface area contributed by atoms with E-state index < -0.39 is 17.2 Å². The quantitative estimate of drug-likeness (QED) is 0.409. The summed E-state index contributed by atoms with van der Waals surface area (Å²) in [4.78, 5) is 17.3. The Hall–Kier alpha value is -1.54. The number of aliphatic carboxylic acids is 1. The van der Waals surface area contributed by atoms with Gasteiger partial charge >= 0.3 is 12.1 Å². The second-order valence-electron chi connectivity index (χ2n) is 1.04. The van der Waals surface area contributed by atoms with E-state index in [-0.39, 0.29) is 0 Å². The number of carboxylic acids is 1. The minimum Gasteiger partial charge on any atom is -0.475 e. The molecule has 2 N–H and O–H groups in total. The summed E-state index contributed by atoms with van der Waals surface area (Å²) in [5.41, 5.74) is 0. The maximum absolute atomic E-state index is 10.6. The molecule has 0 rings (SSSR count). The second-order valence-corrected chi connectivity index (χ2v) is 1.04. The van der Waals surface area contributed by atoms with E-state index >= 15 is 0 Å². The monoisotopic (exact) mass is 177 g/mol. The van der Waals surface area contributed by atoms with E-state index in [0.29, 0.717) is 0 Å². The van der Waals surface area contributed by atoms with Crippen molar-refractivity contribution >= 4 is 5.97 Å². The molecule has 0 aromatic carbocycles. The first-order valence-corrected chi connectivity index (χ1v) is 1.81. The van der Waals surface area contributed by atoms with Gasteiger partial charge < -0.3 is 10.3 Å². The lowest BCUT2D eigenvalue weighted by Gasteiger charge is -1.93. The van der Waals surface area contributed by atoms with Crippen molar-refractivity contribution in [3.8, 4) is 0 Å². The van der Waals surface area contributed by atoms with Crippen molar-refractivity contribution in [3.63, 3.8) is 0 Å². The summed E-state index contributed by atoms with van der Waals surface area (Å²) < 4.78 is 31.7. The van der Waals surface area contributed by atoms with Gasteiger partial charge in [-0.2, -0.15) is 13.2 Å². The topological polar surface area (TPSA) is 101 Å². The summed E-state index contributed by atoms with van der Waals surface area (Å²) in [6, 6.07) is 0. The van der Waals surface area contributed by atoms with Crippen LogP contribution in [0.2, 0.25) is 0 Å². The number of hydrogen-bond acceptors (Lipinski definition) is 3. The molecular weight excluding hydrogens is 175 g/mol. The van der Waals surface area contributed by atoms with Crippen LogP contribution >= 0.6 is 0 Å². The van der Waals surface area contributed by atoms with E-state index in [2.05, 4.69) is 0 Å². The highest BCUT2D eigenvalue weighted by atomic mass is 19.4. The van der Waals surface area contributed by atoms with Crippen molar-refractivity contribution in [2.75, 3.05) is 0 Å². The van der Waals surface area contributed by atoms with E-state index in [9.17, 15) is 13.2 Å². The third-order valence-electron chi connectivity index (χ3n) is 0.243. The van der Waals surface area contributed by atoms with Gasteiger partial charge in [-0.3, -0.25) is 0 Å². The van der Waals surface area contributed by atoms with Crippen LogP contribution in [0, 0.1) is 10.1 Å². The van der Waals surface area contributed by atoms with Gasteiger partial charge in [0.25, 0.3) is 5.09 Å². The van der Waals surface area contributed by atoms with Crippen LogP contribution in [0.4, 0.5) is 13.2 Å². The zero-order valence-corrected chi connectivity index (χ0v) is 4.70. The number of carboxylic acid groups (broad SMARTS) is 1. The van der Waals surface area contributed by atoms with Gasteiger partial charge in [-0.25, -0.2) is 4.79 Å². The first kappa shape index (κ1) is 12.2. The van der Waals surface area contributed by atoms with Crippen molar-refractivity contribution < 1.29 is 33.4 Å². The van der Waals surface area contributed by atoms with Gasteiger partial charge in [0, 0.05) is 0 Å². The van der Waals surface area contributed by atoms with Gasteiger partial charge in [0.15, 0.2) is 0 Å². The van der Waals surface area contributed by atoms with E-state index in [1.165, 1.54) is 0 Å². The van der Waals surface area contributed by atoms with E-state index in [0.717, 1.165) is 0 Å². The zero-order chi connectivity index (χ0) is 9.65. The lowest BCUT2D eigenvalue weighted by molar-refractivity contribution is -0.742. The van der Waals surface area contributed by atoms with Crippen LogP contribution in [-0.2, 0) is 4.79 Å². The van der Waals surface area contributed by atoms with Crippen molar-refractivity contribution in [1.82, 2.24) is 0 Å². The summed E-state index contributed by atoms with van der Waals surface area (Å²) in [5.74, 6) is -2.76. The van der Waals surface area contributed by atoms with Crippen molar-refractivity contribution in [2.24, 2.45) is 0 Å². The van der Waals surface area contributed by atoms with Crippen LogP contribution in [0.25, 0.3) is 0 Å². The maximum Gasteiger partial charge on any atom is 0.490 e. The average molecular weight is 177 g/mol. The Morgan fingerprint density at radius 1 is 1.45 bits per heavy atom. The molecule has 0 aromatic heterocycles. The SMILES string of the molecule is O=C(O)C(F)(F)F.O=[N+]([O-])O. The number of rotatable bonds is 0. The Labute approximate surface area is 57.0 Å². The van der Waals surface area contributed by atoms with Crippen LogP contribution in [-0.4, -0.2) is 27.5 Å². The smallest absolute Gasteiger partial charge is 0.475 e. The van der Waals surface area contributed by atoms with Gasteiger partial charge in [-0.05, 0) is 0 Å². The third kappa shape index (κ3) is 17.7. The maximum atomic E-state index is 10.6. The van der Waals surface area contributed by atoms with Crippen LogP contribution in [0.1, 0.15) is 0 Å². The molecule has 0 fully saturated rings. The van der Waals surface area contributed by atoms with Gasteiger partial charge in [0.05, 0.1) is 0 Å². The molecule has 66 valence electrons. The summed E-state index contributed by atoms with van der Waals surface area (Å²) in [7, 11) is 0. The molecule has 0 aliphatic rings. The van der Waals surface area contributed by atoms with E-state index in [1.807, 2.05) is 0 Å². The molecule has 0 heterocycles. The molecule has 0 radical (unpaired) electrons. The van der Waals surface area contributed by atoms with Crippen molar-refractivity contribution in [1.29, 1.82) is 0 Å². The molecule has 0 saturated heterocycles. The van der Waals surface area contributed by atoms with Crippen LogP contribution in [0.5, 0.6) is 0 Å². The highest BCUT2D eigenvalue weighted by molar-refractivity contribution is 5.73. The van der Waals surface area contributed by atoms with Gasteiger partial charge in [-0.1, -0.05) is 0 Å². The first-order valence-electron chi connectivity index (χ1n) is 1.81. The average Bonchev–Trinajstić information content (AvgIpc) is 1.59. The Morgan fingerprint density at radius 3 is 1.55 bits per heavy atom. The number of alkyl halides is 3. The minimum atomic E-state index is -5.08. The van der Waals surface area contributed by atoms with Crippen LogP contribution in [0.3, 0.4) is 0 Å². The Kier molecular flexibility index (Phi) is 4.76. The molecule has 11 heavy (non-hydrogen) atoms. The van der Waals surface area contributed by atoms with Crippen LogP contribution in [0.15, 0.2) is 0 Å². The zero-order valence-electron chi connectivity index (χ0n) is 4.70. The Bertz CT molecular complexity index is 148. The second kappa shape index (κ2) is 4.30. The fourth-order valence-electron chi connectivity index (χ4n) is 0. The fourth-order valence-corrected chi connectivity index (χ4v) is 0. The molecule has 0 amide bonds. The van der Waals surface area contributed by atoms with E-state index in [4.69, 9.17) is 25.2 Å². The fraction of sp³-hybridized carbons (Fsp3) is 0.500. The largest absolute Gasteiger partial charge is 0.490 e. The summed E-state index contributed by atoms with van der Waals surface area (Å²) in [5, 5.41) is 20.8. The van der Waals surface area contributed by atoms with Gasteiger partial charge in [0.2, 0.25) is 0 Å². The summed E-state index contributed by atoms with van der Waals surface area (Å²) in [6.07, 6.45) is -5.08. The highest BCUT2D eigenvalue weighted by Gasteiger charge is 2.38. The normalized spacial score (nSPS) is 9.36. The Morgan fingerprint density at radius 2 is 1.55 bits per heavy atom. The molecule has 0 aromatic rings. The Balaban J connectivity index is 0. The van der Waals surface area contributed by atoms with Gasteiger partial charge in [0.1, 0.15) is 0 Å². The molecule has 0 aliphatic heterocycles. The molecule has 0 bridgehead atoms. The number of carbonyl (C=O) groups is 1. The van der Waals surface area contributed by atoms with Gasteiger partial charge in [-0.15, -0.1) is 10.1 Å². The lowest BCUT2D eigenvalue weighted by atomic mass is 10.7. The predicted molar refractivity (Wildman–Crippen MR) is 22.5 cm³/mol. The standard InChI is InChI=1S/C2HF3O2.HNO3/c3-2(4,5)1(6)7;2-1(3)4/h(H,6,7);(H,2,3,4). The van der Waals surface area contributed by atoms with E-state index in [1.54, 1.807) is 0 Å². The molecule has 0 aliphatic carbocycles. The number of nitrogens with zero attached hydrogens (tertiary/aromatic N) is 1. The number of hydrogen-bond donors (Lipinski definition) is 2. The molecule has 0 unspecified atom stereocenters. The predicted octanol–water partition coefficient (Wildman–Crippen LogP) is 0.286. The molecule has 9 heteroatoms. The molecule has 6 nitrogen and oxygen atoms in total. The first-order chi connectivity index (χ1) is 4.68. The highest BCUT2D eigenvalue weighted by Crippen LogP contribution is 2.13. The summed E-state index contributed by atoms with van der Waals surface area (Å²) in [6.45, 7) is 0. The van der Waals surface area contributed by atoms with Crippen LogP contribution < -0.4 is 0 Å². The lowest BCUT2D eigenvalue weighted by Crippen LogP contribution is -2.21. The van der Waals surface area contributed by atoms with Crippen molar-refractivity contribution in [3.05, 3.63) is 10.1 Å². The molecule has 0 spiro atoms. The van der Waals surface area contributed by atoms with Crippen molar-refractivity contribution in [2.45, 2.75) is 6.18 Å². The summed E-state index contributed by atoms with van der Waals surface area (Å²) >= 11 is 0. The third-order valence-corrected chi connectivity index (χ3v) is 0.243. The molecular formula is C2H2F3NO5. The molecule has 0 saturated carbocycles. The number of halogens is 3.